The number of anilines is 3. The molecule has 2 spiro atoms. The van der Waals surface area contributed by atoms with E-state index in [2.05, 4.69) is 27.1 Å². The van der Waals surface area contributed by atoms with Crippen molar-refractivity contribution < 1.29 is 18.6 Å². The molecule has 1 unspecified atom stereocenters. The minimum absolute atomic E-state index is 0.208. The summed E-state index contributed by atoms with van der Waals surface area (Å²) in [5.41, 5.74) is 1.36. The van der Waals surface area contributed by atoms with Crippen molar-refractivity contribution >= 4 is 27.3 Å². The van der Waals surface area contributed by atoms with Crippen LogP contribution < -0.4 is 10.2 Å². The van der Waals surface area contributed by atoms with Gasteiger partial charge in [-0.05, 0) is 115 Å². The van der Waals surface area contributed by atoms with Gasteiger partial charge in [0.05, 0.1) is 21.2 Å². The van der Waals surface area contributed by atoms with Crippen LogP contribution in [0.15, 0.2) is 29.3 Å². The lowest BCUT2D eigenvalue weighted by atomic mass is 9.57. The molecule has 0 amide bonds. The van der Waals surface area contributed by atoms with Crippen LogP contribution in [0.3, 0.4) is 0 Å². The number of aromatic nitrogens is 2. The summed E-state index contributed by atoms with van der Waals surface area (Å²) in [6.07, 6.45) is 10.1. The number of benzene rings is 1. The first-order chi connectivity index (χ1) is 19.4. The number of sulfone groups is 1. The Hall–Kier alpha value is -2.27. The van der Waals surface area contributed by atoms with Crippen molar-refractivity contribution in [1.29, 1.82) is 0 Å². The number of aliphatic hydroxyl groups excluding tert-OH is 1. The topological polar surface area (TPSA) is 119 Å². The first kappa shape index (κ1) is 27.6. The lowest BCUT2D eigenvalue weighted by molar-refractivity contribution is -0.116. The fraction of sp³-hybridized carbons (Fsp3) is 0.677. The predicted octanol–water partition coefficient (Wildman–Crippen LogP) is 4.04. The second kappa shape index (κ2) is 9.36. The molecule has 41 heavy (non-hydrogen) atoms. The highest BCUT2D eigenvalue weighted by molar-refractivity contribution is 7.92. The smallest absolute Gasteiger partial charge is 0.229 e. The minimum Gasteiger partial charge on any atom is -0.390 e. The molecule has 2 aliphatic heterocycles. The Kier molecular flexibility index (Phi) is 6.29. The largest absolute Gasteiger partial charge is 0.390 e. The van der Waals surface area contributed by atoms with Gasteiger partial charge in [0.1, 0.15) is 12.0 Å². The fourth-order valence-electron chi connectivity index (χ4n) is 8.63. The number of nitrogens with one attached hydrogen (secondary N) is 1. The van der Waals surface area contributed by atoms with E-state index < -0.39 is 27.1 Å². The third-order valence-electron chi connectivity index (χ3n) is 11.0. The maximum absolute atomic E-state index is 13.5. The summed E-state index contributed by atoms with van der Waals surface area (Å²) in [5, 5.41) is 25.1. The monoisotopic (exact) mass is 581 g/mol. The van der Waals surface area contributed by atoms with Crippen LogP contribution in [0.25, 0.3) is 0 Å². The lowest BCUT2D eigenvalue weighted by Gasteiger charge is -2.52. The van der Waals surface area contributed by atoms with Crippen molar-refractivity contribution in [2.24, 2.45) is 5.41 Å². The Morgan fingerprint density at radius 2 is 1.78 bits per heavy atom. The number of fused-ring (bicyclic) bond motifs is 2. The van der Waals surface area contributed by atoms with Crippen molar-refractivity contribution in [3.05, 3.63) is 35.5 Å². The first-order valence-corrected chi connectivity index (χ1v) is 16.8. The van der Waals surface area contributed by atoms with Crippen molar-refractivity contribution in [3.8, 4) is 0 Å². The van der Waals surface area contributed by atoms with Gasteiger partial charge in [0.25, 0.3) is 0 Å². The minimum atomic E-state index is -3.38. The zero-order chi connectivity index (χ0) is 28.8. The molecule has 10 heteroatoms. The summed E-state index contributed by atoms with van der Waals surface area (Å²) >= 11 is 0. The highest BCUT2D eigenvalue weighted by Gasteiger charge is 2.63. The van der Waals surface area contributed by atoms with Gasteiger partial charge in [-0.15, -0.1) is 0 Å². The molecule has 1 aromatic heterocycles. The third kappa shape index (κ3) is 4.39. The number of rotatable bonds is 5. The average Bonchev–Trinajstić information content (AvgIpc) is 3.49. The first-order valence-electron chi connectivity index (χ1n) is 15.3. The van der Waals surface area contributed by atoms with Gasteiger partial charge in [-0.25, -0.2) is 13.4 Å². The van der Waals surface area contributed by atoms with E-state index in [1.165, 1.54) is 0 Å². The van der Waals surface area contributed by atoms with Gasteiger partial charge in [0.15, 0.2) is 9.84 Å². The summed E-state index contributed by atoms with van der Waals surface area (Å²) in [6, 6.07) is 5.52. The van der Waals surface area contributed by atoms with E-state index in [-0.39, 0.29) is 16.7 Å². The number of nitrogens with zero attached hydrogens (tertiary/aromatic N) is 4. The molecule has 3 heterocycles. The van der Waals surface area contributed by atoms with Crippen LogP contribution in [0.4, 0.5) is 17.5 Å². The van der Waals surface area contributed by atoms with E-state index in [1.807, 2.05) is 26.1 Å². The van der Waals surface area contributed by atoms with Crippen LogP contribution in [0.1, 0.15) is 82.3 Å². The summed E-state index contributed by atoms with van der Waals surface area (Å²) in [4.78, 5) is 14.3. The van der Waals surface area contributed by atoms with E-state index >= 15 is 0 Å². The van der Waals surface area contributed by atoms with Crippen LogP contribution in [0, 0.1) is 12.3 Å². The zero-order valence-electron chi connectivity index (χ0n) is 24.4. The molecule has 5 aliphatic rings. The molecule has 1 aromatic carbocycles. The van der Waals surface area contributed by atoms with E-state index in [0.717, 1.165) is 87.1 Å². The fourth-order valence-corrected chi connectivity index (χ4v) is 10.8. The number of aliphatic hydroxyl groups is 2. The molecule has 4 fully saturated rings. The van der Waals surface area contributed by atoms with Crippen molar-refractivity contribution in [3.63, 3.8) is 0 Å². The van der Waals surface area contributed by atoms with Gasteiger partial charge in [-0.2, -0.15) is 4.98 Å². The zero-order valence-corrected chi connectivity index (χ0v) is 25.3. The van der Waals surface area contributed by atoms with Crippen molar-refractivity contribution in [2.75, 3.05) is 30.4 Å². The van der Waals surface area contributed by atoms with Crippen LogP contribution in [-0.2, 0) is 15.3 Å². The second-order valence-electron chi connectivity index (χ2n) is 14.1. The highest BCUT2D eigenvalue weighted by Crippen LogP contribution is 2.60. The Balaban J connectivity index is 1.11. The summed E-state index contributed by atoms with van der Waals surface area (Å²) < 4.78 is 27.0. The molecule has 3 saturated carbocycles. The lowest BCUT2D eigenvalue weighted by Crippen LogP contribution is -2.60. The van der Waals surface area contributed by atoms with Crippen LogP contribution in [0.5, 0.6) is 0 Å². The summed E-state index contributed by atoms with van der Waals surface area (Å²) in [7, 11) is -1.24. The Bertz CT molecular complexity index is 1450. The average molecular weight is 582 g/mol. The van der Waals surface area contributed by atoms with E-state index in [1.54, 1.807) is 12.1 Å². The Labute approximate surface area is 243 Å². The molecule has 2 aromatic rings. The normalized spacial score (nSPS) is 27.1. The SMILES string of the molecule is Cc1cc(S(=O)(=O)C2CC3(CCN(C)CC3)C2)ccc1Nc1ncc2c(n1)N(C1CCCC1)C(O)C21CC(C)(O)C1. The predicted molar refractivity (Wildman–Crippen MR) is 158 cm³/mol. The number of likely N-dealkylation sites (tertiary alicyclic amines) is 1. The standard InChI is InChI=1S/C31H43N5O4S/c1-20-14-22(41(39,40)23-15-30(16-23)10-12-35(3)13-11-30)8-9-25(20)33-28-32-17-24-26(34-28)36(21-6-4-5-7-21)27(37)31(24)18-29(2,38)19-31/h8-9,14,17,21,23,27,37-38H,4-7,10-13,15-16,18-19H2,1-3H3,(H,32,33,34). The molecule has 3 N–H and O–H groups in total. The summed E-state index contributed by atoms with van der Waals surface area (Å²) in [5.74, 6) is 1.17. The molecule has 7 rings (SSSR count). The number of aryl methyl sites for hydroxylation is 1. The van der Waals surface area contributed by atoms with Gasteiger partial charge in [-0.1, -0.05) is 12.8 Å². The Morgan fingerprint density at radius 3 is 2.41 bits per heavy atom. The molecule has 0 bridgehead atoms. The number of hydrogen-bond donors (Lipinski definition) is 3. The number of hydrogen-bond acceptors (Lipinski definition) is 9. The molecular formula is C31H43N5O4S. The second-order valence-corrected chi connectivity index (χ2v) is 16.4. The highest BCUT2D eigenvalue weighted by atomic mass is 32.2. The molecular weight excluding hydrogens is 538 g/mol. The maximum atomic E-state index is 13.5. The quantitative estimate of drug-likeness (QED) is 0.481. The van der Waals surface area contributed by atoms with Gasteiger partial charge < -0.3 is 25.3 Å². The molecule has 1 saturated heterocycles. The molecule has 1 atom stereocenters. The molecule has 9 nitrogen and oxygen atoms in total. The number of piperidine rings is 1. The van der Waals surface area contributed by atoms with E-state index in [0.29, 0.717) is 23.7 Å². The van der Waals surface area contributed by atoms with Gasteiger partial charge >= 0.3 is 0 Å². The van der Waals surface area contributed by atoms with E-state index in [9.17, 15) is 18.6 Å². The molecule has 222 valence electrons. The molecule has 3 aliphatic carbocycles. The van der Waals surface area contributed by atoms with Crippen molar-refractivity contribution in [2.45, 2.75) is 111 Å². The van der Waals surface area contributed by atoms with Gasteiger partial charge in [0, 0.05) is 23.5 Å². The van der Waals surface area contributed by atoms with Crippen LogP contribution in [-0.4, -0.2) is 76.8 Å². The summed E-state index contributed by atoms with van der Waals surface area (Å²) in [6.45, 7) is 5.84. The maximum Gasteiger partial charge on any atom is 0.229 e. The van der Waals surface area contributed by atoms with Gasteiger partial charge in [0.2, 0.25) is 5.95 Å². The Morgan fingerprint density at radius 1 is 1.10 bits per heavy atom. The van der Waals surface area contributed by atoms with Crippen LogP contribution >= 0.6 is 0 Å². The van der Waals surface area contributed by atoms with E-state index in [4.69, 9.17) is 4.98 Å². The molecule has 0 radical (unpaired) electrons. The third-order valence-corrected chi connectivity index (χ3v) is 13.1. The van der Waals surface area contributed by atoms with Crippen molar-refractivity contribution in [1.82, 2.24) is 14.9 Å². The van der Waals surface area contributed by atoms with Crippen LogP contribution in [0.2, 0.25) is 0 Å². The van der Waals surface area contributed by atoms with Gasteiger partial charge in [-0.3, -0.25) is 0 Å².